The summed E-state index contributed by atoms with van der Waals surface area (Å²) in [7, 11) is 0. The Morgan fingerprint density at radius 1 is 1.00 bits per heavy atom. The second-order valence-electron chi connectivity index (χ2n) is 3.11. The maximum absolute atomic E-state index is 9.36. The Bertz CT molecular complexity index is 167. The van der Waals surface area contributed by atoms with Crippen LogP contribution in [-0.4, -0.2) is 57.7 Å². The summed E-state index contributed by atoms with van der Waals surface area (Å²) in [4.78, 5) is 0. The van der Waals surface area contributed by atoms with E-state index in [1.165, 1.54) is 0 Å². The molecule has 1 saturated heterocycles. The molecule has 1 aliphatic rings. The van der Waals surface area contributed by atoms with Crippen molar-refractivity contribution in [1.29, 1.82) is 0 Å². The molecule has 5 atom stereocenters. The minimum absolute atomic E-state index is 0.275. The van der Waals surface area contributed by atoms with Crippen LogP contribution in [0.1, 0.15) is 6.42 Å². The van der Waals surface area contributed by atoms with Crippen molar-refractivity contribution in [2.75, 3.05) is 6.54 Å². The Balaban J connectivity index is 2.59. The van der Waals surface area contributed by atoms with E-state index < -0.39 is 30.7 Å². The summed E-state index contributed by atoms with van der Waals surface area (Å²) in [6.07, 6.45) is -5.93. The first-order valence-corrected chi connectivity index (χ1v) is 4.15. The molecule has 6 nitrogen and oxygen atoms in total. The van der Waals surface area contributed by atoms with Crippen molar-refractivity contribution in [2.24, 2.45) is 5.73 Å². The number of rotatable bonds is 2. The van der Waals surface area contributed by atoms with Crippen LogP contribution in [0.3, 0.4) is 0 Å². The molecule has 1 fully saturated rings. The van der Waals surface area contributed by atoms with Crippen molar-refractivity contribution in [3.05, 3.63) is 0 Å². The molecule has 0 aromatic heterocycles. The number of aliphatic hydroxyl groups is 4. The molecule has 0 radical (unpaired) electrons. The summed E-state index contributed by atoms with van der Waals surface area (Å²) in [5.41, 5.74) is 5.23. The quantitative estimate of drug-likeness (QED) is 0.322. The monoisotopic (exact) mass is 193 g/mol. The largest absolute Gasteiger partial charge is 0.388 e. The van der Waals surface area contributed by atoms with Gasteiger partial charge in [-0.2, -0.15) is 0 Å². The minimum Gasteiger partial charge on any atom is -0.388 e. The highest BCUT2D eigenvalue weighted by atomic mass is 16.6. The van der Waals surface area contributed by atoms with E-state index in [0.717, 1.165) is 0 Å². The van der Waals surface area contributed by atoms with Gasteiger partial charge in [-0.15, -0.1) is 0 Å². The SMILES string of the molecule is NCC[C@H]1OC(O)[C@H](O)[C@@H](O)[C@@H]1O. The van der Waals surface area contributed by atoms with Gasteiger partial charge in [0.2, 0.25) is 0 Å². The lowest BCUT2D eigenvalue weighted by Gasteiger charge is -2.38. The van der Waals surface area contributed by atoms with E-state index >= 15 is 0 Å². The normalized spacial score (nSPS) is 46.4. The van der Waals surface area contributed by atoms with Crippen molar-refractivity contribution in [3.63, 3.8) is 0 Å². The molecule has 1 unspecified atom stereocenters. The molecule has 0 aromatic rings. The molecule has 13 heavy (non-hydrogen) atoms. The van der Waals surface area contributed by atoms with Crippen LogP contribution in [0.2, 0.25) is 0 Å². The first-order valence-electron chi connectivity index (χ1n) is 4.15. The molecule has 6 heteroatoms. The zero-order valence-electron chi connectivity index (χ0n) is 7.08. The predicted octanol–water partition coefficient (Wildman–Crippen LogP) is -2.86. The maximum atomic E-state index is 9.36. The lowest BCUT2D eigenvalue weighted by molar-refractivity contribution is -0.282. The molecule has 0 aromatic carbocycles. The van der Waals surface area contributed by atoms with Crippen LogP contribution in [0.15, 0.2) is 0 Å². The molecule has 78 valence electrons. The highest BCUT2D eigenvalue weighted by Gasteiger charge is 2.42. The van der Waals surface area contributed by atoms with Gasteiger partial charge < -0.3 is 30.9 Å². The van der Waals surface area contributed by atoms with E-state index in [4.69, 9.17) is 20.7 Å². The van der Waals surface area contributed by atoms with E-state index in [1.807, 2.05) is 0 Å². The van der Waals surface area contributed by atoms with Crippen molar-refractivity contribution in [3.8, 4) is 0 Å². The number of aliphatic hydroxyl groups excluding tert-OH is 4. The third-order valence-corrected chi connectivity index (χ3v) is 2.14. The number of hydrogen-bond acceptors (Lipinski definition) is 6. The van der Waals surface area contributed by atoms with Crippen LogP contribution < -0.4 is 5.73 Å². The Kier molecular flexibility index (Phi) is 3.60. The number of ether oxygens (including phenoxy) is 1. The topological polar surface area (TPSA) is 116 Å². The smallest absolute Gasteiger partial charge is 0.183 e. The Morgan fingerprint density at radius 2 is 1.62 bits per heavy atom. The van der Waals surface area contributed by atoms with Gasteiger partial charge in [0.05, 0.1) is 6.10 Å². The van der Waals surface area contributed by atoms with Crippen LogP contribution in [-0.2, 0) is 4.74 Å². The fourth-order valence-electron chi connectivity index (χ4n) is 1.33. The van der Waals surface area contributed by atoms with Crippen LogP contribution in [0.4, 0.5) is 0 Å². The van der Waals surface area contributed by atoms with Gasteiger partial charge in [-0.25, -0.2) is 0 Å². The third kappa shape index (κ3) is 2.16. The molecule has 1 aliphatic heterocycles. The fourth-order valence-corrected chi connectivity index (χ4v) is 1.33. The molecule has 0 amide bonds. The average Bonchev–Trinajstić information content (AvgIpc) is 2.11. The van der Waals surface area contributed by atoms with Gasteiger partial charge in [-0.05, 0) is 13.0 Å². The maximum Gasteiger partial charge on any atom is 0.183 e. The standard InChI is InChI=1S/C7H15NO5/c8-2-1-3-4(9)5(10)6(11)7(12)13-3/h3-7,9-12H,1-2,8H2/t3-,4-,5+,6-,7?/m1/s1. The van der Waals surface area contributed by atoms with E-state index in [1.54, 1.807) is 0 Å². The van der Waals surface area contributed by atoms with Gasteiger partial charge in [-0.3, -0.25) is 0 Å². The van der Waals surface area contributed by atoms with Gasteiger partial charge in [0.15, 0.2) is 6.29 Å². The van der Waals surface area contributed by atoms with E-state index in [-0.39, 0.29) is 6.54 Å². The van der Waals surface area contributed by atoms with E-state index in [0.29, 0.717) is 6.42 Å². The van der Waals surface area contributed by atoms with Gasteiger partial charge in [0, 0.05) is 0 Å². The molecular weight excluding hydrogens is 178 g/mol. The summed E-state index contributed by atoms with van der Waals surface area (Å²) in [6.45, 7) is 0.275. The molecule has 0 spiro atoms. The first-order chi connectivity index (χ1) is 6.07. The number of nitrogens with two attached hydrogens (primary N) is 1. The first kappa shape index (κ1) is 10.8. The predicted molar refractivity (Wildman–Crippen MR) is 42.6 cm³/mol. The van der Waals surface area contributed by atoms with Gasteiger partial charge in [-0.1, -0.05) is 0 Å². The zero-order valence-corrected chi connectivity index (χ0v) is 7.08. The van der Waals surface area contributed by atoms with Crippen molar-refractivity contribution in [2.45, 2.75) is 37.1 Å². The Morgan fingerprint density at radius 3 is 2.15 bits per heavy atom. The van der Waals surface area contributed by atoms with Gasteiger partial charge in [0.25, 0.3) is 0 Å². The third-order valence-electron chi connectivity index (χ3n) is 2.14. The fraction of sp³-hybridized carbons (Fsp3) is 1.00. The molecule has 6 N–H and O–H groups in total. The molecular formula is C7H15NO5. The summed E-state index contributed by atoms with van der Waals surface area (Å²) in [5.74, 6) is 0. The minimum atomic E-state index is -1.47. The van der Waals surface area contributed by atoms with Crippen molar-refractivity contribution in [1.82, 2.24) is 0 Å². The lowest BCUT2D eigenvalue weighted by atomic mass is 9.97. The summed E-state index contributed by atoms with van der Waals surface area (Å²) in [5, 5.41) is 36.8. The van der Waals surface area contributed by atoms with Crippen LogP contribution in [0, 0.1) is 0 Å². The summed E-state index contributed by atoms with van der Waals surface area (Å²) >= 11 is 0. The second-order valence-corrected chi connectivity index (χ2v) is 3.11. The molecule has 1 rings (SSSR count). The summed E-state index contributed by atoms with van der Waals surface area (Å²) in [6, 6.07) is 0. The molecule has 0 aliphatic carbocycles. The zero-order chi connectivity index (χ0) is 10.0. The summed E-state index contributed by atoms with van der Waals surface area (Å²) < 4.78 is 4.84. The second kappa shape index (κ2) is 4.32. The van der Waals surface area contributed by atoms with E-state index in [9.17, 15) is 10.2 Å². The van der Waals surface area contributed by atoms with Crippen LogP contribution >= 0.6 is 0 Å². The van der Waals surface area contributed by atoms with Crippen LogP contribution in [0.5, 0.6) is 0 Å². The van der Waals surface area contributed by atoms with Gasteiger partial charge >= 0.3 is 0 Å². The molecule has 0 saturated carbocycles. The Labute approximate surface area is 75.6 Å². The van der Waals surface area contributed by atoms with E-state index in [2.05, 4.69) is 0 Å². The highest BCUT2D eigenvalue weighted by molar-refractivity contribution is 4.88. The van der Waals surface area contributed by atoms with Crippen LogP contribution in [0.25, 0.3) is 0 Å². The lowest BCUT2D eigenvalue weighted by Crippen LogP contribution is -2.57. The molecule has 1 heterocycles. The highest BCUT2D eigenvalue weighted by Crippen LogP contribution is 2.21. The average molecular weight is 193 g/mol. The number of hydrogen-bond donors (Lipinski definition) is 5. The molecule has 0 bridgehead atoms. The van der Waals surface area contributed by atoms with Crippen molar-refractivity contribution >= 4 is 0 Å². The van der Waals surface area contributed by atoms with Crippen molar-refractivity contribution < 1.29 is 25.2 Å². The Hall–Kier alpha value is -0.240. The van der Waals surface area contributed by atoms with Gasteiger partial charge in [0.1, 0.15) is 18.3 Å².